The molecule has 2 heterocycles. The molecule has 0 unspecified atom stereocenters. The van der Waals surface area contributed by atoms with Gasteiger partial charge < -0.3 is 5.11 Å². The minimum Gasteiger partial charge on any atom is -0.512 e. The third kappa shape index (κ3) is 8.22. The third-order valence-electron chi connectivity index (χ3n) is 9.05. The van der Waals surface area contributed by atoms with Gasteiger partial charge in [-0.25, -0.2) is 0 Å². The Bertz CT molecular complexity index is 1680. The Kier molecular flexibility index (Phi) is 13.1. The standard InChI is InChI=1S/C28H26NS.C13H24O2.Ir/c1-27(2,3)24-17-19(16-18-10-6-7-11-20(18)24)25-26-22(14-15-29-25)21-12-8-9-13-23(21)28(4,5)30-26;1-5-10(6-2)12(14)9-13(15)11(7-3)8-4;/h6-15,17H,1-5H3;9-11,14H,5-8H2,1-4H3;/q-1;;/b;12-9-;. The first-order valence-corrected chi connectivity index (χ1v) is 17.4. The fraction of sp³-hybridized carbons (Fsp3) is 0.415. The number of hydrogen-bond acceptors (Lipinski definition) is 4. The van der Waals surface area contributed by atoms with Crippen LogP contribution in [-0.4, -0.2) is 15.9 Å². The second-order valence-corrected chi connectivity index (χ2v) is 15.2. The number of allylic oxidation sites excluding steroid dienone is 2. The maximum atomic E-state index is 11.7. The Morgan fingerprint density at radius 3 is 2.15 bits per heavy atom. The average molecular weight is 813 g/mol. The monoisotopic (exact) mass is 813 g/mol. The van der Waals surface area contributed by atoms with Crippen LogP contribution in [0.25, 0.3) is 33.2 Å². The molecule has 0 bridgehead atoms. The summed E-state index contributed by atoms with van der Waals surface area (Å²) in [5.41, 5.74) is 7.48. The number of aliphatic hydroxyl groups is 1. The number of hydrogen-bond donors (Lipinski definition) is 1. The normalized spacial score (nSPS) is 13.8. The van der Waals surface area contributed by atoms with E-state index >= 15 is 0 Å². The number of carbonyl (C=O) groups excluding carboxylic acids is 1. The van der Waals surface area contributed by atoms with Crippen molar-refractivity contribution in [3.63, 3.8) is 0 Å². The van der Waals surface area contributed by atoms with Crippen LogP contribution in [0.15, 0.2) is 83.6 Å². The molecule has 0 amide bonds. The fourth-order valence-electron chi connectivity index (χ4n) is 6.27. The quantitative estimate of drug-likeness (QED) is 0.109. The molecule has 5 rings (SSSR count). The Hall–Kier alpha value is -2.72. The van der Waals surface area contributed by atoms with E-state index in [0.29, 0.717) is 0 Å². The van der Waals surface area contributed by atoms with Crippen LogP contribution in [0.3, 0.4) is 0 Å². The number of benzene rings is 3. The van der Waals surface area contributed by atoms with E-state index in [2.05, 4.69) is 101 Å². The SMILES string of the molecule is CC(C)(C)c1cc(-c2nccc3c2SC(C)(C)c2ccccc2-3)[c-]c2ccccc12.CCC(CC)C(=O)/C=C(\O)C(CC)CC.[Ir]. The first-order chi connectivity index (χ1) is 21.4. The van der Waals surface area contributed by atoms with Gasteiger partial charge in [-0.05, 0) is 67.7 Å². The number of aromatic nitrogens is 1. The second kappa shape index (κ2) is 15.9. The van der Waals surface area contributed by atoms with Crippen molar-refractivity contribution in [1.29, 1.82) is 0 Å². The van der Waals surface area contributed by atoms with E-state index < -0.39 is 0 Å². The minimum absolute atomic E-state index is 0. The number of thioether (sulfide) groups is 1. The van der Waals surface area contributed by atoms with Crippen LogP contribution in [0.1, 0.15) is 99.1 Å². The fourth-order valence-corrected chi connectivity index (χ4v) is 7.61. The molecule has 3 nitrogen and oxygen atoms in total. The van der Waals surface area contributed by atoms with E-state index in [1.54, 1.807) is 0 Å². The van der Waals surface area contributed by atoms with Crippen molar-refractivity contribution in [1.82, 2.24) is 4.98 Å². The molecule has 1 aliphatic rings. The summed E-state index contributed by atoms with van der Waals surface area (Å²) in [5, 5.41) is 12.2. The van der Waals surface area contributed by atoms with Gasteiger partial charge in [0.25, 0.3) is 0 Å². The summed E-state index contributed by atoms with van der Waals surface area (Å²) >= 11 is 1.91. The smallest absolute Gasteiger partial charge is 0.162 e. The molecule has 3 aromatic carbocycles. The van der Waals surface area contributed by atoms with Gasteiger partial charge in [0.1, 0.15) is 0 Å². The van der Waals surface area contributed by atoms with Crippen molar-refractivity contribution in [2.75, 3.05) is 0 Å². The van der Waals surface area contributed by atoms with Gasteiger partial charge in [0.05, 0.1) is 5.76 Å². The maximum absolute atomic E-state index is 11.7. The topological polar surface area (TPSA) is 50.2 Å². The van der Waals surface area contributed by atoms with Gasteiger partial charge in [-0.1, -0.05) is 102 Å². The summed E-state index contributed by atoms with van der Waals surface area (Å²) in [6.45, 7) is 19.5. The molecule has 0 aliphatic carbocycles. The zero-order valence-corrected chi connectivity index (χ0v) is 32.2. The van der Waals surface area contributed by atoms with Crippen LogP contribution in [0.2, 0.25) is 0 Å². The van der Waals surface area contributed by atoms with Crippen LogP contribution in [0.5, 0.6) is 0 Å². The Morgan fingerprint density at radius 2 is 1.52 bits per heavy atom. The zero-order valence-electron chi connectivity index (χ0n) is 29.0. The maximum Gasteiger partial charge on any atom is 0.162 e. The molecule has 0 saturated heterocycles. The molecule has 0 saturated carbocycles. The van der Waals surface area contributed by atoms with Crippen LogP contribution in [-0.2, 0) is 35.1 Å². The summed E-state index contributed by atoms with van der Waals surface area (Å²) < 4.78 is -0.00885. The van der Waals surface area contributed by atoms with E-state index in [4.69, 9.17) is 4.98 Å². The predicted octanol–water partition coefficient (Wildman–Crippen LogP) is 11.9. The van der Waals surface area contributed by atoms with Crippen LogP contribution >= 0.6 is 11.8 Å². The number of nitrogens with zero attached hydrogens (tertiary/aromatic N) is 1. The number of fused-ring (bicyclic) bond motifs is 4. The van der Waals surface area contributed by atoms with E-state index in [0.717, 1.165) is 42.3 Å². The van der Waals surface area contributed by atoms with Crippen LogP contribution < -0.4 is 0 Å². The van der Waals surface area contributed by atoms with Crippen molar-refractivity contribution in [3.8, 4) is 22.4 Å². The van der Waals surface area contributed by atoms with Gasteiger partial charge in [0.2, 0.25) is 0 Å². The molecule has 0 atom stereocenters. The summed E-state index contributed by atoms with van der Waals surface area (Å²) in [5.74, 6) is 0.547. The van der Waals surface area contributed by atoms with Crippen molar-refractivity contribution in [2.24, 2.45) is 11.8 Å². The summed E-state index contributed by atoms with van der Waals surface area (Å²) in [4.78, 5) is 17.9. The number of pyridine rings is 1. The van der Waals surface area contributed by atoms with E-state index in [1.807, 2.05) is 45.7 Å². The molecule has 1 radical (unpaired) electrons. The zero-order chi connectivity index (χ0) is 32.9. The van der Waals surface area contributed by atoms with E-state index in [-0.39, 0.29) is 53.6 Å². The molecule has 1 N–H and O–H groups in total. The molecular formula is C41H50IrNO2S-. The summed E-state index contributed by atoms with van der Waals surface area (Å²) in [6.07, 6.45) is 6.85. The molecule has 0 spiro atoms. The second-order valence-electron chi connectivity index (χ2n) is 13.6. The molecule has 4 aromatic rings. The van der Waals surface area contributed by atoms with Crippen molar-refractivity contribution in [2.45, 2.75) is 103 Å². The van der Waals surface area contributed by atoms with Crippen LogP contribution in [0, 0.1) is 17.9 Å². The van der Waals surface area contributed by atoms with Gasteiger partial charge in [-0.3, -0.25) is 9.78 Å². The van der Waals surface area contributed by atoms with E-state index in [9.17, 15) is 9.90 Å². The Balaban J connectivity index is 0.000000309. The minimum atomic E-state index is -0.00885. The van der Waals surface area contributed by atoms with Gasteiger partial charge >= 0.3 is 0 Å². The summed E-state index contributed by atoms with van der Waals surface area (Å²) in [6, 6.07) is 25.5. The Morgan fingerprint density at radius 1 is 0.913 bits per heavy atom. The van der Waals surface area contributed by atoms with Crippen LogP contribution in [0.4, 0.5) is 0 Å². The van der Waals surface area contributed by atoms with Crippen molar-refractivity contribution >= 4 is 28.3 Å². The first-order valence-electron chi connectivity index (χ1n) is 16.5. The molecule has 46 heavy (non-hydrogen) atoms. The van der Waals surface area contributed by atoms with Crippen molar-refractivity contribution in [3.05, 3.63) is 95.9 Å². The largest absolute Gasteiger partial charge is 0.512 e. The third-order valence-corrected chi connectivity index (χ3v) is 10.4. The number of carbonyl (C=O) groups is 1. The molecule has 5 heteroatoms. The Labute approximate surface area is 295 Å². The predicted molar refractivity (Wildman–Crippen MR) is 193 cm³/mol. The van der Waals surface area contributed by atoms with Gasteiger partial charge in [-0.15, -0.1) is 40.9 Å². The number of ketones is 1. The molecule has 1 aromatic heterocycles. The van der Waals surface area contributed by atoms with E-state index in [1.165, 1.54) is 38.6 Å². The number of aliphatic hydroxyl groups excluding tert-OH is 1. The van der Waals surface area contributed by atoms with Gasteiger partial charge in [-0.2, -0.15) is 0 Å². The number of rotatable bonds is 8. The molecule has 1 aliphatic heterocycles. The molecular weight excluding hydrogens is 763 g/mol. The van der Waals surface area contributed by atoms with Gasteiger partial charge in [0.15, 0.2) is 5.78 Å². The van der Waals surface area contributed by atoms with Crippen molar-refractivity contribution < 1.29 is 30.0 Å². The van der Waals surface area contributed by atoms with Gasteiger partial charge in [0, 0.05) is 59.6 Å². The first kappa shape index (κ1) is 37.7. The molecule has 0 fully saturated rings. The average Bonchev–Trinajstić information content (AvgIpc) is 3.01. The summed E-state index contributed by atoms with van der Waals surface area (Å²) in [7, 11) is 0. The molecule has 247 valence electrons.